The summed E-state index contributed by atoms with van der Waals surface area (Å²) in [5, 5.41) is 4.08. The second kappa shape index (κ2) is 8.06. The van der Waals surface area contributed by atoms with Gasteiger partial charge in [-0.15, -0.1) is 5.10 Å². The molecule has 1 fully saturated rings. The Bertz CT molecular complexity index is 1320. The Kier molecular flexibility index (Phi) is 5.54. The van der Waals surface area contributed by atoms with Crippen LogP contribution in [0.15, 0.2) is 23.1 Å². The summed E-state index contributed by atoms with van der Waals surface area (Å²) in [4.78, 5) is 22.5. The molecule has 4 rings (SSSR count). The summed E-state index contributed by atoms with van der Waals surface area (Å²) in [6, 6.07) is 2.46. The summed E-state index contributed by atoms with van der Waals surface area (Å²) < 4.78 is 54.7. The predicted molar refractivity (Wildman–Crippen MR) is 110 cm³/mol. The number of anilines is 1. The maximum Gasteiger partial charge on any atom is 0.254 e. The molecular formula is C19H21F2N7O3S. The smallest absolute Gasteiger partial charge is 0.254 e. The number of carbonyl (C=O) groups is 1. The van der Waals surface area contributed by atoms with Crippen LogP contribution in [0.4, 0.5) is 14.7 Å². The van der Waals surface area contributed by atoms with E-state index < -0.39 is 21.7 Å². The van der Waals surface area contributed by atoms with Crippen LogP contribution in [0.3, 0.4) is 0 Å². The molecule has 1 amide bonds. The van der Waals surface area contributed by atoms with Crippen molar-refractivity contribution in [1.29, 1.82) is 0 Å². The fraction of sp³-hybridized carbons (Fsp3) is 0.368. The van der Waals surface area contributed by atoms with Gasteiger partial charge in [-0.1, -0.05) is 0 Å². The standard InChI is InChI=1S/C19H21F2N7O3S/c1-11-14(12(2)28-19(23-11)24-18(22)25-28)10-17(29)26-5-7-27(8-6-26)32(30,31)13-3-4-15(20)16(21)9-13/h3-4,9H,5-8,10H2,1-2H3,(H2,22,25). The third-order valence-corrected chi connectivity index (χ3v) is 7.41. The normalized spacial score (nSPS) is 15.4. The summed E-state index contributed by atoms with van der Waals surface area (Å²) in [6.45, 7) is 4.00. The number of aromatic nitrogens is 4. The lowest BCUT2D eigenvalue weighted by molar-refractivity contribution is -0.131. The number of nitrogen functional groups attached to an aromatic ring is 1. The van der Waals surface area contributed by atoms with Gasteiger partial charge in [0.05, 0.1) is 11.3 Å². The number of rotatable bonds is 4. The summed E-state index contributed by atoms with van der Waals surface area (Å²) in [5.74, 6) is -2.10. The lowest BCUT2D eigenvalue weighted by Crippen LogP contribution is -2.51. The van der Waals surface area contributed by atoms with Crippen molar-refractivity contribution in [2.75, 3.05) is 31.9 Å². The summed E-state index contributed by atoms with van der Waals surface area (Å²) in [7, 11) is -4.00. The maximum absolute atomic E-state index is 13.5. The largest absolute Gasteiger partial charge is 0.366 e. The van der Waals surface area contributed by atoms with E-state index >= 15 is 0 Å². The number of hydrogen-bond acceptors (Lipinski definition) is 7. The van der Waals surface area contributed by atoms with Crippen LogP contribution >= 0.6 is 0 Å². The second-order valence-electron chi connectivity index (χ2n) is 7.48. The molecule has 1 aliphatic heterocycles. The molecule has 1 aromatic carbocycles. The molecule has 1 saturated heterocycles. The lowest BCUT2D eigenvalue weighted by atomic mass is 10.1. The zero-order valence-electron chi connectivity index (χ0n) is 17.4. The summed E-state index contributed by atoms with van der Waals surface area (Å²) >= 11 is 0. The third kappa shape index (κ3) is 3.88. The van der Waals surface area contributed by atoms with Crippen molar-refractivity contribution in [3.63, 3.8) is 0 Å². The Morgan fingerprint density at radius 3 is 2.44 bits per heavy atom. The molecule has 2 N–H and O–H groups in total. The Morgan fingerprint density at radius 2 is 1.78 bits per heavy atom. The van der Waals surface area contributed by atoms with Gasteiger partial charge in [-0.3, -0.25) is 4.79 Å². The number of nitrogens with two attached hydrogens (primary N) is 1. The molecule has 13 heteroatoms. The van der Waals surface area contributed by atoms with Crippen LogP contribution in [0.2, 0.25) is 0 Å². The van der Waals surface area contributed by atoms with E-state index in [1.165, 1.54) is 4.52 Å². The van der Waals surface area contributed by atoms with Gasteiger partial charge in [-0.25, -0.2) is 22.2 Å². The number of piperazine rings is 1. The highest BCUT2D eigenvalue weighted by atomic mass is 32.2. The molecule has 10 nitrogen and oxygen atoms in total. The highest BCUT2D eigenvalue weighted by Crippen LogP contribution is 2.21. The Balaban J connectivity index is 1.46. The minimum absolute atomic E-state index is 0.0436. The first-order chi connectivity index (χ1) is 15.1. The fourth-order valence-corrected chi connectivity index (χ4v) is 5.14. The van der Waals surface area contributed by atoms with Crippen LogP contribution in [-0.4, -0.2) is 69.3 Å². The van der Waals surface area contributed by atoms with Gasteiger partial charge in [-0.05, 0) is 32.0 Å². The fourth-order valence-electron chi connectivity index (χ4n) is 3.71. The van der Waals surface area contributed by atoms with Crippen LogP contribution in [0.5, 0.6) is 0 Å². The van der Waals surface area contributed by atoms with Crippen LogP contribution in [0.25, 0.3) is 5.78 Å². The van der Waals surface area contributed by atoms with Crippen molar-refractivity contribution in [3.05, 3.63) is 46.8 Å². The van der Waals surface area contributed by atoms with Crippen LogP contribution in [0.1, 0.15) is 17.0 Å². The molecule has 0 aliphatic carbocycles. The number of hydrogen-bond donors (Lipinski definition) is 1. The molecule has 0 radical (unpaired) electrons. The van der Waals surface area contributed by atoms with Gasteiger partial charge in [0, 0.05) is 43.1 Å². The molecule has 32 heavy (non-hydrogen) atoms. The molecule has 3 heterocycles. The van der Waals surface area contributed by atoms with Gasteiger partial charge in [0.15, 0.2) is 11.6 Å². The number of benzene rings is 1. The maximum atomic E-state index is 13.5. The molecule has 0 saturated carbocycles. The number of nitrogens with zero attached hydrogens (tertiary/aromatic N) is 6. The Hall–Kier alpha value is -3.19. The van der Waals surface area contributed by atoms with Crippen molar-refractivity contribution in [2.24, 2.45) is 0 Å². The van der Waals surface area contributed by atoms with Crippen molar-refractivity contribution in [3.8, 4) is 0 Å². The van der Waals surface area contributed by atoms with Crippen LogP contribution < -0.4 is 5.73 Å². The second-order valence-corrected chi connectivity index (χ2v) is 9.42. The van der Waals surface area contributed by atoms with Crippen LogP contribution in [-0.2, 0) is 21.2 Å². The summed E-state index contributed by atoms with van der Waals surface area (Å²) in [5.41, 5.74) is 7.66. The molecular weight excluding hydrogens is 444 g/mol. The molecule has 2 aromatic heterocycles. The van der Waals surface area contributed by atoms with E-state index in [1.807, 2.05) is 0 Å². The van der Waals surface area contributed by atoms with E-state index in [0.717, 1.165) is 16.4 Å². The number of halogens is 2. The first-order valence-electron chi connectivity index (χ1n) is 9.79. The van der Waals surface area contributed by atoms with E-state index in [1.54, 1.807) is 18.7 Å². The van der Waals surface area contributed by atoms with E-state index in [2.05, 4.69) is 15.1 Å². The molecule has 0 spiro atoms. The van der Waals surface area contributed by atoms with E-state index in [4.69, 9.17) is 5.73 Å². The average molecular weight is 465 g/mol. The zero-order valence-corrected chi connectivity index (χ0v) is 18.2. The number of amides is 1. The lowest BCUT2D eigenvalue weighted by Gasteiger charge is -2.34. The van der Waals surface area contributed by atoms with Gasteiger partial charge < -0.3 is 10.6 Å². The van der Waals surface area contributed by atoms with Gasteiger partial charge in [0.2, 0.25) is 21.9 Å². The molecule has 0 bridgehead atoms. The summed E-state index contributed by atoms with van der Waals surface area (Å²) in [6.07, 6.45) is 0.0658. The molecule has 0 atom stereocenters. The quantitative estimate of drug-likeness (QED) is 0.600. The number of sulfonamides is 1. The molecule has 3 aromatic rings. The van der Waals surface area contributed by atoms with Crippen molar-refractivity contribution in [2.45, 2.75) is 25.2 Å². The van der Waals surface area contributed by atoms with Crippen LogP contribution in [0, 0.1) is 25.5 Å². The molecule has 170 valence electrons. The van der Waals surface area contributed by atoms with Crippen molar-refractivity contribution >= 4 is 27.7 Å². The van der Waals surface area contributed by atoms with Crippen molar-refractivity contribution in [1.82, 2.24) is 28.8 Å². The van der Waals surface area contributed by atoms with Gasteiger partial charge in [0.1, 0.15) is 0 Å². The SMILES string of the molecule is Cc1nc2nc(N)nn2c(C)c1CC(=O)N1CCN(S(=O)(=O)c2ccc(F)c(F)c2)CC1. The van der Waals surface area contributed by atoms with Gasteiger partial charge >= 0.3 is 0 Å². The number of aryl methyl sites for hydroxylation is 2. The van der Waals surface area contributed by atoms with E-state index in [0.29, 0.717) is 28.8 Å². The van der Waals surface area contributed by atoms with E-state index in [9.17, 15) is 22.0 Å². The third-order valence-electron chi connectivity index (χ3n) is 5.51. The highest BCUT2D eigenvalue weighted by molar-refractivity contribution is 7.89. The first-order valence-corrected chi connectivity index (χ1v) is 11.2. The van der Waals surface area contributed by atoms with E-state index in [-0.39, 0.29) is 49.4 Å². The minimum Gasteiger partial charge on any atom is -0.366 e. The number of carbonyl (C=O) groups excluding carboxylic acids is 1. The number of fused-ring (bicyclic) bond motifs is 1. The molecule has 1 aliphatic rings. The topological polar surface area (TPSA) is 127 Å². The monoisotopic (exact) mass is 465 g/mol. The van der Waals surface area contributed by atoms with Gasteiger partial charge in [0.25, 0.3) is 5.78 Å². The Labute approximate surface area is 182 Å². The van der Waals surface area contributed by atoms with Gasteiger partial charge in [-0.2, -0.15) is 13.8 Å². The average Bonchev–Trinajstić information content (AvgIpc) is 3.13. The minimum atomic E-state index is -4.00. The van der Waals surface area contributed by atoms with Crippen molar-refractivity contribution < 1.29 is 22.0 Å². The highest BCUT2D eigenvalue weighted by Gasteiger charge is 2.31. The Morgan fingerprint density at radius 1 is 1.09 bits per heavy atom. The molecule has 0 unspecified atom stereocenters. The zero-order chi connectivity index (χ0) is 23.2. The first kappa shape index (κ1) is 22.0. The predicted octanol–water partition coefficient (Wildman–Crippen LogP) is 0.677.